The summed E-state index contributed by atoms with van der Waals surface area (Å²) in [6.45, 7) is 2.09. The van der Waals surface area contributed by atoms with Crippen LogP contribution in [0.4, 0.5) is 0 Å². The summed E-state index contributed by atoms with van der Waals surface area (Å²) in [5.41, 5.74) is 1.57. The maximum atomic E-state index is 13.0. The minimum Gasteiger partial charge on any atom is -0.493 e. The second-order valence-electron chi connectivity index (χ2n) is 7.75. The minimum atomic E-state index is -0.723. The van der Waals surface area contributed by atoms with Gasteiger partial charge in [-0.15, -0.1) is 0 Å². The Hall–Kier alpha value is -3.54. The van der Waals surface area contributed by atoms with Crippen LogP contribution in [0.15, 0.2) is 48.6 Å². The highest BCUT2D eigenvalue weighted by atomic mass is 16.5. The SMILES string of the molecule is CCCCCC(C(=O)/C=C/c1ccc(OC)c(OC)c1)C(=O)/C=C/c1ccc(OC)c(OC)c1. The van der Waals surface area contributed by atoms with Gasteiger partial charge in [0.2, 0.25) is 0 Å². The van der Waals surface area contributed by atoms with E-state index in [1.54, 1.807) is 64.9 Å². The van der Waals surface area contributed by atoms with Crippen molar-refractivity contribution in [1.82, 2.24) is 0 Å². The molecule has 6 heteroatoms. The Balaban J connectivity index is 2.20. The zero-order valence-corrected chi connectivity index (χ0v) is 20.6. The van der Waals surface area contributed by atoms with Gasteiger partial charge in [-0.3, -0.25) is 9.59 Å². The van der Waals surface area contributed by atoms with Crippen LogP contribution < -0.4 is 18.9 Å². The number of ketones is 2. The number of methoxy groups -OCH3 is 4. The molecule has 182 valence electrons. The molecular weight excluding hydrogens is 432 g/mol. The van der Waals surface area contributed by atoms with Crippen molar-refractivity contribution in [3.8, 4) is 23.0 Å². The van der Waals surface area contributed by atoms with Gasteiger partial charge in [0.1, 0.15) is 0 Å². The standard InChI is InChI=1S/C28H34O6/c1-6-7-8-9-22(23(29)14-10-20-12-16-25(31-2)27(18-20)33-4)24(30)15-11-21-13-17-26(32-3)28(19-21)34-5/h10-19,22H,6-9H2,1-5H3/b14-10+,15-11+. The molecule has 0 saturated carbocycles. The molecule has 0 atom stereocenters. The van der Waals surface area contributed by atoms with Crippen LogP contribution in [-0.4, -0.2) is 40.0 Å². The maximum absolute atomic E-state index is 13.0. The van der Waals surface area contributed by atoms with Gasteiger partial charge in [0.05, 0.1) is 34.4 Å². The topological polar surface area (TPSA) is 71.1 Å². The second kappa shape index (κ2) is 13.9. The molecule has 0 N–H and O–H groups in total. The fourth-order valence-corrected chi connectivity index (χ4v) is 3.53. The van der Waals surface area contributed by atoms with E-state index in [0.717, 1.165) is 30.4 Å². The van der Waals surface area contributed by atoms with Crippen molar-refractivity contribution >= 4 is 23.7 Å². The first-order valence-corrected chi connectivity index (χ1v) is 11.3. The number of benzene rings is 2. The Morgan fingerprint density at radius 2 is 1.15 bits per heavy atom. The van der Waals surface area contributed by atoms with Gasteiger partial charge in [-0.05, 0) is 54.0 Å². The molecular formula is C28H34O6. The van der Waals surface area contributed by atoms with E-state index in [-0.39, 0.29) is 11.6 Å². The monoisotopic (exact) mass is 466 g/mol. The molecule has 0 saturated heterocycles. The number of allylic oxidation sites excluding steroid dienone is 2. The molecule has 0 fully saturated rings. The number of hydrogen-bond donors (Lipinski definition) is 0. The van der Waals surface area contributed by atoms with E-state index in [2.05, 4.69) is 6.92 Å². The highest BCUT2D eigenvalue weighted by Gasteiger charge is 2.22. The summed E-state index contributed by atoms with van der Waals surface area (Å²) in [5.74, 6) is 1.22. The van der Waals surface area contributed by atoms with Crippen LogP contribution in [0.5, 0.6) is 23.0 Å². The molecule has 0 spiro atoms. The molecule has 2 aromatic rings. The van der Waals surface area contributed by atoms with Gasteiger partial charge in [-0.2, -0.15) is 0 Å². The predicted molar refractivity (Wildman–Crippen MR) is 135 cm³/mol. The van der Waals surface area contributed by atoms with Gasteiger partial charge in [0.25, 0.3) is 0 Å². The van der Waals surface area contributed by atoms with Gasteiger partial charge < -0.3 is 18.9 Å². The van der Waals surface area contributed by atoms with Crippen LogP contribution in [0.3, 0.4) is 0 Å². The van der Waals surface area contributed by atoms with Crippen molar-refractivity contribution in [2.45, 2.75) is 32.6 Å². The van der Waals surface area contributed by atoms with Gasteiger partial charge in [-0.25, -0.2) is 0 Å². The summed E-state index contributed by atoms with van der Waals surface area (Å²) in [5, 5.41) is 0. The van der Waals surface area contributed by atoms with Gasteiger partial charge in [0.15, 0.2) is 34.6 Å². The molecule has 0 aliphatic heterocycles. The van der Waals surface area contributed by atoms with Crippen molar-refractivity contribution in [3.63, 3.8) is 0 Å². The van der Waals surface area contributed by atoms with Gasteiger partial charge >= 0.3 is 0 Å². The molecule has 0 aromatic heterocycles. The average Bonchev–Trinajstić information content (AvgIpc) is 2.87. The van der Waals surface area contributed by atoms with Crippen LogP contribution in [0.25, 0.3) is 12.2 Å². The largest absolute Gasteiger partial charge is 0.493 e. The number of carbonyl (C=O) groups is 2. The average molecular weight is 467 g/mol. The first kappa shape index (κ1) is 26.7. The van der Waals surface area contributed by atoms with Gasteiger partial charge in [-0.1, -0.05) is 50.5 Å². The smallest absolute Gasteiger partial charge is 0.166 e. The third kappa shape index (κ3) is 7.51. The Morgan fingerprint density at radius 1 is 0.706 bits per heavy atom. The maximum Gasteiger partial charge on any atom is 0.166 e. The first-order valence-electron chi connectivity index (χ1n) is 11.3. The highest BCUT2D eigenvalue weighted by Crippen LogP contribution is 2.29. The number of unbranched alkanes of at least 4 members (excludes halogenated alkanes) is 2. The van der Waals surface area contributed by atoms with Crippen molar-refractivity contribution < 1.29 is 28.5 Å². The Morgan fingerprint density at radius 3 is 1.53 bits per heavy atom. The van der Waals surface area contributed by atoms with Gasteiger partial charge in [0, 0.05) is 0 Å². The summed E-state index contributed by atoms with van der Waals surface area (Å²) < 4.78 is 21.1. The molecule has 0 bridgehead atoms. The van der Waals surface area contributed by atoms with Crippen molar-refractivity contribution in [2.24, 2.45) is 5.92 Å². The zero-order chi connectivity index (χ0) is 24.9. The van der Waals surface area contributed by atoms with Crippen molar-refractivity contribution in [3.05, 3.63) is 59.7 Å². The van der Waals surface area contributed by atoms with E-state index in [9.17, 15) is 9.59 Å². The molecule has 0 heterocycles. The number of ether oxygens (including phenoxy) is 4. The lowest BCUT2D eigenvalue weighted by atomic mass is 9.91. The molecule has 0 radical (unpaired) electrons. The molecule has 0 aliphatic carbocycles. The fourth-order valence-electron chi connectivity index (χ4n) is 3.53. The van der Waals surface area contributed by atoms with E-state index in [4.69, 9.17) is 18.9 Å². The van der Waals surface area contributed by atoms with Crippen LogP contribution in [0.2, 0.25) is 0 Å². The molecule has 0 aliphatic rings. The number of hydrogen-bond acceptors (Lipinski definition) is 6. The third-order valence-corrected chi connectivity index (χ3v) is 5.48. The quantitative estimate of drug-likeness (QED) is 0.200. The fraction of sp³-hybridized carbons (Fsp3) is 0.357. The lowest BCUT2D eigenvalue weighted by Crippen LogP contribution is -2.21. The Labute approximate surface area is 202 Å². The summed E-state index contributed by atoms with van der Waals surface area (Å²) in [6.07, 6.45) is 9.64. The minimum absolute atomic E-state index is 0.215. The normalized spacial score (nSPS) is 11.2. The Kier molecular flexibility index (Phi) is 10.9. The molecule has 2 aromatic carbocycles. The predicted octanol–water partition coefficient (Wildman–Crippen LogP) is 5.78. The van der Waals surface area contributed by atoms with Crippen LogP contribution >= 0.6 is 0 Å². The summed E-state index contributed by atoms with van der Waals surface area (Å²) >= 11 is 0. The summed E-state index contributed by atoms with van der Waals surface area (Å²) in [4.78, 5) is 26.0. The third-order valence-electron chi connectivity index (χ3n) is 5.48. The van der Waals surface area contributed by atoms with Crippen molar-refractivity contribution in [2.75, 3.05) is 28.4 Å². The van der Waals surface area contributed by atoms with Crippen LogP contribution in [-0.2, 0) is 9.59 Å². The number of carbonyl (C=O) groups excluding carboxylic acids is 2. The van der Waals surface area contributed by atoms with Crippen LogP contribution in [0, 0.1) is 5.92 Å². The van der Waals surface area contributed by atoms with Crippen molar-refractivity contribution in [1.29, 1.82) is 0 Å². The number of rotatable bonds is 14. The second-order valence-corrected chi connectivity index (χ2v) is 7.75. The molecule has 2 rings (SSSR count). The van der Waals surface area contributed by atoms with E-state index in [1.807, 2.05) is 12.1 Å². The van der Waals surface area contributed by atoms with E-state index < -0.39 is 5.92 Å². The van der Waals surface area contributed by atoms with E-state index in [1.165, 1.54) is 12.2 Å². The Bertz CT molecular complexity index is 944. The van der Waals surface area contributed by atoms with E-state index >= 15 is 0 Å². The highest BCUT2D eigenvalue weighted by molar-refractivity contribution is 6.13. The van der Waals surface area contributed by atoms with E-state index in [0.29, 0.717) is 29.4 Å². The molecule has 6 nitrogen and oxygen atoms in total. The van der Waals surface area contributed by atoms with Crippen LogP contribution in [0.1, 0.15) is 43.7 Å². The summed E-state index contributed by atoms with van der Waals surface area (Å²) in [6, 6.07) is 10.8. The molecule has 0 amide bonds. The molecule has 34 heavy (non-hydrogen) atoms. The zero-order valence-electron chi connectivity index (χ0n) is 20.6. The lowest BCUT2D eigenvalue weighted by Gasteiger charge is -2.11. The first-order chi connectivity index (χ1) is 16.5. The summed E-state index contributed by atoms with van der Waals surface area (Å²) in [7, 11) is 6.26. The lowest BCUT2D eigenvalue weighted by molar-refractivity contribution is -0.127. The molecule has 0 unspecified atom stereocenters.